The van der Waals surface area contributed by atoms with E-state index in [1.54, 1.807) is 71.9 Å². The largest absolute Gasteiger partial charge is 0.496 e. The number of ether oxygens (including phenoxy) is 2. The molecule has 0 aliphatic carbocycles. The van der Waals surface area contributed by atoms with Gasteiger partial charge in [-0.3, -0.25) is 0 Å². The highest BCUT2D eigenvalue weighted by Gasteiger charge is 2.24. The molecule has 0 heterocycles. The molecule has 0 aliphatic heterocycles. The van der Waals surface area contributed by atoms with Crippen molar-refractivity contribution in [2.45, 2.75) is 70.5 Å². The van der Waals surface area contributed by atoms with Gasteiger partial charge in [0.1, 0.15) is 17.2 Å². The van der Waals surface area contributed by atoms with Gasteiger partial charge in [-0.15, -0.1) is 4.40 Å². The molecule has 0 radical (unpaired) electrons. The Morgan fingerprint density at radius 2 is 1.48 bits per heavy atom. The monoisotopic (exact) mass is 726 g/mol. The standard InChI is InChI=1S/C39H46N6O6S/c1-25-21-33(50-7)26(2)27(3)35(25)52(48,49)45-36(40)31-20-14-15-28(22-31)23-32(42-38(47)51-39(4,5)6)24-41-44-37(46)43-34(29-16-10-8-11-17-29)30-18-12-9-13-19-30/h8-22,24,32,34H,23H2,1-7H3,(H2,40,45)(H,42,47)(H2,43,44,46)/b41-24+. The van der Waals surface area contributed by atoms with Crippen LogP contribution < -0.4 is 26.5 Å². The van der Waals surface area contributed by atoms with Crippen molar-refractivity contribution >= 4 is 34.2 Å². The lowest BCUT2D eigenvalue weighted by atomic mass is 9.99. The molecule has 1 atom stereocenters. The van der Waals surface area contributed by atoms with Crippen LogP contribution in [0.3, 0.4) is 0 Å². The highest BCUT2D eigenvalue weighted by Crippen LogP contribution is 2.31. The van der Waals surface area contributed by atoms with E-state index in [4.69, 9.17) is 15.2 Å². The zero-order valence-corrected chi connectivity index (χ0v) is 31.2. The van der Waals surface area contributed by atoms with Gasteiger partial charge in [0.05, 0.1) is 24.1 Å². The molecule has 0 bridgehead atoms. The Bertz CT molecular complexity index is 2010. The van der Waals surface area contributed by atoms with Crippen molar-refractivity contribution in [3.8, 4) is 5.75 Å². The number of amidine groups is 1. The Balaban J connectivity index is 1.55. The summed E-state index contributed by atoms with van der Waals surface area (Å²) in [5, 5.41) is 9.87. The SMILES string of the molecule is COc1cc(C)c(S(=O)(=O)/N=C(\N)c2cccc(CC(/C=N/NC(=O)NC(c3ccccc3)c3ccccc3)NC(=O)OC(C)(C)C)c2)c(C)c1C. The number of hydrogen-bond donors (Lipinski definition) is 4. The van der Waals surface area contributed by atoms with Crippen LogP contribution in [0.5, 0.6) is 5.75 Å². The van der Waals surface area contributed by atoms with Gasteiger partial charge < -0.3 is 25.8 Å². The first kappa shape index (κ1) is 39.1. The van der Waals surface area contributed by atoms with Crippen molar-refractivity contribution in [3.05, 3.63) is 130 Å². The number of nitrogens with two attached hydrogens (primary N) is 1. The minimum atomic E-state index is -4.18. The Kier molecular flexibility index (Phi) is 12.8. The number of urea groups is 1. The number of hydrazone groups is 1. The number of alkyl carbamates (subject to hydrolysis) is 1. The molecule has 0 saturated heterocycles. The number of benzene rings is 4. The molecule has 5 N–H and O–H groups in total. The molecular formula is C39H46N6O6S. The van der Waals surface area contributed by atoms with Gasteiger partial charge in [0, 0.05) is 11.8 Å². The fourth-order valence-corrected chi connectivity index (χ4v) is 7.03. The van der Waals surface area contributed by atoms with Crippen molar-refractivity contribution in [3.63, 3.8) is 0 Å². The summed E-state index contributed by atoms with van der Waals surface area (Å²) in [5.41, 5.74) is 12.5. The van der Waals surface area contributed by atoms with E-state index < -0.39 is 39.8 Å². The fraction of sp³-hybridized carbons (Fsp3) is 0.282. The van der Waals surface area contributed by atoms with Crippen LogP contribution in [0.15, 0.2) is 105 Å². The highest BCUT2D eigenvalue weighted by atomic mass is 32.2. The molecule has 52 heavy (non-hydrogen) atoms. The van der Waals surface area contributed by atoms with E-state index in [9.17, 15) is 18.0 Å². The number of amides is 3. The van der Waals surface area contributed by atoms with Crippen LogP contribution >= 0.6 is 0 Å². The lowest BCUT2D eigenvalue weighted by Crippen LogP contribution is -2.42. The molecule has 1 unspecified atom stereocenters. The molecule has 0 aliphatic rings. The van der Waals surface area contributed by atoms with E-state index in [-0.39, 0.29) is 17.2 Å². The number of sulfonamides is 1. The highest BCUT2D eigenvalue weighted by molar-refractivity contribution is 7.90. The Morgan fingerprint density at radius 1 is 0.865 bits per heavy atom. The molecule has 0 saturated carbocycles. The predicted molar refractivity (Wildman–Crippen MR) is 203 cm³/mol. The van der Waals surface area contributed by atoms with E-state index in [2.05, 4.69) is 25.6 Å². The van der Waals surface area contributed by atoms with Gasteiger partial charge in [-0.25, -0.2) is 15.0 Å². The first-order chi connectivity index (χ1) is 24.6. The van der Waals surface area contributed by atoms with Crippen LogP contribution in [-0.4, -0.2) is 51.3 Å². The summed E-state index contributed by atoms with van der Waals surface area (Å²) in [6.45, 7) is 10.4. The number of carbonyl (C=O) groups excluding carboxylic acids is 2. The van der Waals surface area contributed by atoms with E-state index in [1.165, 1.54) is 13.3 Å². The minimum Gasteiger partial charge on any atom is -0.496 e. The molecule has 0 fully saturated rings. The van der Waals surface area contributed by atoms with Gasteiger partial charge in [-0.1, -0.05) is 78.9 Å². The predicted octanol–water partition coefficient (Wildman–Crippen LogP) is 6.23. The fourth-order valence-electron chi connectivity index (χ4n) is 5.57. The molecular weight excluding hydrogens is 681 g/mol. The van der Waals surface area contributed by atoms with Gasteiger partial charge >= 0.3 is 12.1 Å². The summed E-state index contributed by atoms with van der Waals surface area (Å²) in [5.74, 6) is 0.375. The van der Waals surface area contributed by atoms with Crippen LogP contribution in [-0.2, 0) is 21.2 Å². The molecule has 4 rings (SSSR count). The van der Waals surface area contributed by atoms with Crippen molar-refractivity contribution in [2.24, 2.45) is 15.2 Å². The van der Waals surface area contributed by atoms with Gasteiger partial charge in [0.15, 0.2) is 0 Å². The maximum absolute atomic E-state index is 13.5. The summed E-state index contributed by atoms with van der Waals surface area (Å²) >= 11 is 0. The van der Waals surface area contributed by atoms with Crippen LogP contribution in [0.4, 0.5) is 9.59 Å². The first-order valence-electron chi connectivity index (χ1n) is 16.6. The molecule has 0 aromatic heterocycles. The topological polar surface area (TPSA) is 174 Å². The second-order valence-electron chi connectivity index (χ2n) is 13.2. The molecule has 3 amide bonds. The quantitative estimate of drug-likeness (QED) is 0.0761. The summed E-state index contributed by atoms with van der Waals surface area (Å²) in [7, 11) is -2.66. The molecule has 13 heteroatoms. The maximum atomic E-state index is 13.5. The molecule has 4 aromatic carbocycles. The summed E-state index contributed by atoms with van der Waals surface area (Å²) in [6, 6.07) is 25.8. The normalized spacial score (nSPS) is 12.7. The second kappa shape index (κ2) is 17.0. The van der Waals surface area contributed by atoms with Crippen molar-refractivity contribution in [2.75, 3.05) is 7.11 Å². The van der Waals surface area contributed by atoms with Crippen molar-refractivity contribution in [1.29, 1.82) is 0 Å². The van der Waals surface area contributed by atoms with E-state index in [1.807, 2.05) is 60.7 Å². The Morgan fingerprint density at radius 3 is 2.06 bits per heavy atom. The maximum Gasteiger partial charge on any atom is 0.408 e. The number of aryl methyl sites for hydroxylation is 1. The third-order valence-corrected chi connectivity index (χ3v) is 9.60. The molecule has 12 nitrogen and oxygen atoms in total. The van der Waals surface area contributed by atoms with E-state index in [0.717, 1.165) is 11.1 Å². The van der Waals surface area contributed by atoms with Gasteiger partial charge in [0.25, 0.3) is 10.0 Å². The van der Waals surface area contributed by atoms with E-state index in [0.29, 0.717) is 33.6 Å². The molecule has 4 aromatic rings. The van der Waals surface area contributed by atoms with Crippen LogP contribution in [0.25, 0.3) is 0 Å². The smallest absolute Gasteiger partial charge is 0.408 e. The number of hydrogen-bond acceptors (Lipinski definition) is 7. The van der Waals surface area contributed by atoms with Gasteiger partial charge in [-0.2, -0.15) is 13.5 Å². The van der Waals surface area contributed by atoms with E-state index >= 15 is 0 Å². The van der Waals surface area contributed by atoms with Crippen molar-refractivity contribution < 1.29 is 27.5 Å². The molecule has 274 valence electrons. The summed E-state index contributed by atoms with van der Waals surface area (Å²) in [6.07, 6.45) is 0.882. The number of carbonyl (C=O) groups is 2. The number of nitrogens with zero attached hydrogens (tertiary/aromatic N) is 2. The van der Waals surface area contributed by atoms with Crippen LogP contribution in [0, 0.1) is 20.8 Å². The average Bonchev–Trinajstić information content (AvgIpc) is 3.08. The average molecular weight is 727 g/mol. The first-order valence-corrected chi connectivity index (χ1v) is 18.1. The van der Waals surface area contributed by atoms with Gasteiger partial charge in [0.2, 0.25) is 0 Å². The number of methoxy groups -OCH3 is 1. The van der Waals surface area contributed by atoms with Crippen LogP contribution in [0.2, 0.25) is 0 Å². The van der Waals surface area contributed by atoms with Gasteiger partial charge in [-0.05, 0) is 93.5 Å². The number of rotatable bonds is 12. The third kappa shape index (κ3) is 10.7. The minimum absolute atomic E-state index is 0.0677. The summed E-state index contributed by atoms with van der Waals surface area (Å²) < 4.78 is 41.8. The summed E-state index contributed by atoms with van der Waals surface area (Å²) in [4.78, 5) is 25.9. The van der Waals surface area contributed by atoms with Crippen LogP contribution in [0.1, 0.15) is 65.8 Å². The zero-order valence-electron chi connectivity index (χ0n) is 30.4. The Hall–Kier alpha value is -5.69. The zero-order chi connectivity index (χ0) is 38.1. The lowest BCUT2D eigenvalue weighted by molar-refractivity contribution is 0.0519. The van der Waals surface area contributed by atoms with Crippen molar-refractivity contribution in [1.82, 2.24) is 16.1 Å². The lowest BCUT2D eigenvalue weighted by Gasteiger charge is -2.22. The Labute approximate surface area is 305 Å². The molecule has 0 spiro atoms. The number of nitrogens with one attached hydrogen (secondary N) is 3. The second-order valence-corrected chi connectivity index (χ2v) is 14.7. The third-order valence-electron chi connectivity index (χ3n) is 8.02.